The number of halogens is 3. The summed E-state index contributed by atoms with van der Waals surface area (Å²) in [6.07, 6.45) is -1.81. The summed E-state index contributed by atoms with van der Waals surface area (Å²) >= 11 is 0. The lowest BCUT2D eigenvalue weighted by molar-refractivity contribution is -0.192. The maximum absolute atomic E-state index is 10.6. The van der Waals surface area contributed by atoms with Crippen LogP contribution < -0.4 is 5.32 Å². The fourth-order valence-corrected chi connectivity index (χ4v) is 1.64. The van der Waals surface area contributed by atoms with Gasteiger partial charge in [-0.1, -0.05) is 18.2 Å². The normalized spacial score (nSPS) is 10.6. The van der Waals surface area contributed by atoms with E-state index in [1.807, 2.05) is 42.5 Å². The van der Waals surface area contributed by atoms with E-state index in [9.17, 15) is 13.2 Å². The number of alkyl halides is 3. The van der Waals surface area contributed by atoms with Crippen molar-refractivity contribution in [2.45, 2.75) is 6.18 Å². The van der Waals surface area contributed by atoms with Crippen LogP contribution in [0.3, 0.4) is 0 Å². The minimum Gasteiger partial charge on any atom is -0.475 e. The van der Waals surface area contributed by atoms with Crippen molar-refractivity contribution in [3.63, 3.8) is 0 Å². The predicted octanol–water partition coefficient (Wildman–Crippen LogP) is 3.40. The first-order valence-corrected chi connectivity index (χ1v) is 6.56. The van der Waals surface area contributed by atoms with Gasteiger partial charge in [0.1, 0.15) is 11.8 Å². The first kappa shape index (κ1) is 17.1. The van der Waals surface area contributed by atoms with Crippen LogP contribution in [0.5, 0.6) is 0 Å². The molecule has 2 heterocycles. The molecule has 1 aromatic carbocycles. The Hall–Kier alpha value is -3.23. The summed E-state index contributed by atoms with van der Waals surface area (Å²) < 4.78 is 31.7. The highest BCUT2D eigenvalue weighted by atomic mass is 19.4. The molecule has 3 rings (SSSR count). The van der Waals surface area contributed by atoms with Crippen LogP contribution in [0, 0.1) is 0 Å². The Morgan fingerprint density at radius 1 is 1.00 bits per heavy atom. The molecule has 6 nitrogen and oxygen atoms in total. The monoisotopic (exact) mass is 336 g/mol. The molecule has 0 radical (unpaired) electrons. The summed E-state index contributed by atoms with van der Waals surface area (Å²) in [5.74, 6) is -2.03. The Bertz CT molecular complexity index is 820. The molecule has 0 saturated carbocycles. The van der Waals surface area contributed by atoms with Crippen LogP contribution in [-0.4, -0.2) is 32.2 Å². The number of para-hydroxylation sites is 1. The standard InChI is InChI=1S/C13H10N4.C2HF3O2/c1-2-5-10(6-3-1)17-13-12-11(15-9-16-13)7-4-8-14-12;3-2(4,5)1(6)7/h1-9H,(H,15,16,17);(H,6,7). The van der Waals surface area contributed by atoms with Crippen molar-refractivity contribution in [1.29, 1.82) is 0 Å². The summed E-state index contributed by atoms with van der Waals surface area (Å²) in [7, 11) is 0. The second-order valence-electron chi connectivity index (χ2n) is 4.39. The number of hydrogen-bond acceptors (Lipinski definition) is 5. The summed E-state index contributed by atoms with van der Waals surface area (Å²) in [5, 5.41) is 10.4. The van der Waals surface area contributed by atoms with Crippen molar-refractivity contribution in [1.82, 2.24) is 15.0 Å². The third-order valence-corrected chi connectivity index (χ3v) is 2.67. The van der Waals surface area contributed by atoms with Gasteiger partial charge in [-0.3, -0.25) is 4.98 Å². The van der Waals surface area contributed by atoms with Gasteiger partial charge in [-0.25, -0.2) is 14.8 Å². The Morgan fingerprint density at radius 3 is 2.29 bits per heavy atom. The molecule has 2 N–H and O–H groups in total. The summed E-state index contributed by atoms with van der Waals surface area (Å²) in [6, 6.07) is 13.7. The van der Waals surface area contributed by atoms with Gasteiger partial charge in [0.05, 0.1) is 5.52 Å². The summed E-state index contributed by atoms with van der Waals surface area (Å²) in [6.45, 7) is 0. The number of rotatable bonds is 2. The van der Waals surface area contributed by atoms with Gasteiger partial charge in [0.25, 0.3) is 0 Å². The predicted molar refractivity (Wildman–Crippen MR) is 80.7 cm³/mol. The number of carboxylic acid groups (broad SMARTS) is 1. The van der Waals surface area contributed by atoms with Crippen LogP contribution in [0.25, 0.3) is 11.0 Å². The van der Waals surface area contributed by atoms with E-state index in [1.165, 1.54) is 6.33 Å². The van der Waals surface area contributed by atoms with Crippen molar-refractivity contribution in [3.8, 4) is 0 Å². The topological polar surface area (TPSA) is 88.0 Å². The Labute approximate surface area is 134 Å². The molecule has 9 heteroatoms. The maximum Gasteiger partial charge on any atom is 0.490 e. The number of fused-ring (bicyclic) bond motifs is 1. The van der Waals surface area contributed by atoms with Gasteiger partial charge in [-0.15, -0.1) is 0 Å². The average molecular weight is 336 g/mol. The zero-order valence-corrected chi connectivity index (χ0v) is 12.0. The fourth-order valence-electron chi connectivity index (χ4n) is 1.64. The lowest BCUT2D eigenvalue weighted by Crippen LogP contribution is -2.21. The second-order valence-corrected chi connectivity index (χ2v) is 4.39. The van der Waals surface area contributed by atoms with Crippen LogP contribution in [0.2, 0.25) is 0 Å². The third kappa shape index (κ3) is 4.63. The minimum absolute atomic E-state index is 0.724. The number of anilines is 2. The number of aromatic nitrogens is 3. The highest BCUT2D eigenvalue weighted by molar-refractivity contribution is 5.86. The van der Waals surface area contributed by atoms with Crippen molar-refractivity contribution >= 4 is 28.5 Å². The Balaban J connectivity index is 0.000000256. The van der Waals surface area contributed by atoms with E-state index < -0.39 is 12.1 Å². The van der Waals surface area contributed by atoms with Crippen LogP contribution in [-0.2, 0) is 4.79 Å². The first-order chi connectivity index (χ1) is 11.4. The Morgan fingerprint density at radius 2 is 1.67 bits per heavy atom. The van der Waals surface area contributed by atoms with E-state index in [4.69, 9.17) is 9.90 Å². The molecule has 0 aliphatic carbocycles. The van der Waals surface area contributed by atoms with Crippen molar-refractivity contribution < 1.29 is 23.1 Å². The zero-order valence-electron chi connectivity index (χ0n) is 12.0. The zero-order chi connectivity index (χ0) is 17.6. The molecule has 0 aliphatic rings. The molecule has 0 amide bonds. The largest absolute Gasteiger partial charge is 0.490 e. The average Bonchev–Trinajstić information content (AvgIpc) is 2.56. The molecule has 3 aromatic rings. The van der Waals surface area contributed by atoms with E-state index >= 15 is 0 Å². The third-order valence-electron chi connectivity index (χ3n) is 2.67. The molecule has 0 bridgehead atoms. The molecular formula is C15H11F3N4O2. The molecule has 0 aliphatic heterocycles. The van der Waals surface area contributed by atoms with Crippen LogP contribution >= 0.6 is 0 Å². The van der Waals surface area contributed by atoms with Gasteiger partial charge in [0.2, 0.25) is 0 Å². The molecule has 0 atom stereocenters. The van der Waals surface area contributed by atoms with Gasteiger partial charge in [-0.05, 0) is 24.3 Å². The van der Waals surface area contributed by atoms with Gasteiger partial charge in [-0.2, -0.15) is 13.2 Å². The highest BCUT2D eigenvalue weighted by Crippen LogP contribution is 2.20. The summed E-state index contributed by atoms with van der Waals surface area (Å²) in [4.78, 5) is 21.6. The highest BCUT2D eigenvalue weighted by Gasteiger charge is 2.38. The van der Waals surface area contributed by atoms with Crippen molar-refractivity contribution in [2.24, 2.45) is 0 Å². The van der Waals surface area contributed by atoms with Crippen LogP contribution in [0.1, 0.15) is 0 Å². The maximum atomic E-state index is 10.6. The molecule has 124 valence electrons. The molecule has 0 unspecified atom stereocenters. The molecule has 24 heavy (non-hydrogen) atoms. The van der Waals surface area contributed by atoms with E-state index in [0.717, 1.165) is 22.5 Å². The molecular weight excluding hydrogens is 325 g/mol. The number of benzene rings is 1. The second kappa shape index (κ2) is 7.36. The van der Waals surface area contributed by atoms with Crippen LogP contribution in [0.15, 0.2) is 55.0 Å². The smallest absolute Gasteiger partial charge is 0.475 e. The molecule has 0 fully saturated rings. The SMILES string of the molecule is O=C(O)C(F)(F)F.c1ccc(Nc2ncnc3cccnc23)cc1. The summed E-state index contributed by atoms with van der Waals surface area (Å²) in [5.41, 5.74) is 2.60. The fraction of sp³-hybridized carbons (Fsp3) is 0.0667. The number of hydrogen-bond donors (Lipinski definition) is 2. The lowest BCUT2D eigenvalue weighted by atomic mass is 10.3. The minimum atomic E-state index is -5.08. The van der Waals surface area contributed by atoms with Crippen LogP contribution in [0.4, 0.5) is 24.7 Å². The number of carbonyl (C=O) groups is 1. The number of aliphatic carboxylic acids is 1. The van der Waals surface area contributed by atoms with Gasteiger partial charge >= 0.3 is 12.1 Å². The van der Waals surface area contributed by atoms with Gasteiger partial charge in [0, 0.05) is 11.9 Å². The first-order valence-electron chi connectivity index (χ1n) is 6.56. The number of nitrogens with zero attached hydrogens (tertiary/aromatic N) is 3. The number of pyridine rings is 1. The van der Waals surface area contributed by atoms with E-state index in [-0.39, 0.29) is 0 Å². The lowest BCUT2D eigenvalue weighted by Gasteiger charge is -2.06. The van der Waals surface area contributed by atoms with E-state index in [1.54, 1.807) is 6.20 Å². The van der Waals surface area contributed by atoms with E-state index in [0.29, 0.717) is 0 Å². The Kier molecular flexibility index (Phi) is 5.25. The number of carboxylic acids is 1. The van der Waals surface area contributed by atoms with E-state index in [2.05, 4.69) is 20.3 Å². The van der Waals surface area contributed by atoms with Crippen molar-refractivity contribution in [3.05, 3.63) is 55.0 Å². The van der Waals surface area contributed by atoms with Gasteiger partial charge < -0.3 is 10.4 Å². The molecule has 0 saturated heterocycles. The van der Waals surface area contributed by atoms with Crippen molar-refractivity contribution in [2.75, 3.05) is 5.32 Å². The quantitative estimate of drug-likeness (QED) is 0.746. The number of nitrogens with one attached hydrogen (secondary N) is 1. The molecule has 0 spiro atoms. The molecule has 2 aromatic heterocycles. The van der Waals surface area contributed by atoms with Gasteiger partial charge in [0.15, 0.2) is 5.82 Å².